The summed E-state index contributed by atoms with van der Waals surface area (Å²) >= 11 is 0. The lowest BCUT2D eigenvalue weighted by Crippen LogP contribution is -2.10. The summed E-state index contributed by atoms with van der Waals surface area (Å²) in [5.41, 5.74) is 18.5. The van der Waals surface area contributed by atoms with Gasteiger partial charge in [-0.2, -0.15) is 0 Å². The van der Waals surface area contributed by atoms with E-state index in [2.05, 4.69) is 229 Å². The predicted molar refractivity (Wildman–Crippen MR) is 246 cm³/mol. The van der Waals surface area contributed by atoms with E-state index in [1.165, 1.54) is 88.3 Å². The van der Waals surface area contributed by atoms with Gasteiger partial charge < -0.3 is 4.90 Å². The fourth-order valence-corrected chi connectivity index (χ4v) is 9.01. The third-order valence-electron chi connectivity index (χ3n) is 11.9. The van der Waals surface area contributed by atoms with E-state index in [0.717, 1.165) is 23.5 Å². The fraction of sp³-hybridized carbons (Fsp3) is 0.0175. The minimum Gasteiger partial charge on any atom is -0.310 e. The highest BCUT2D eigenvalue weighted by atomic mass is 15.1. The van der Waals surface area contributed by atoms with Crippen molar-refractivity contribution in [3.63, 3.8) is 0 Å². The lowest BCUT2D eigenvalue weighted by Gasteiger charge is -2.27. The molecule has 1 aliphatic rings. The normalized spacial score (nSPS) is 11.7. The largest absolute Gasteiger partial charge is 0.310 e. The van der Waals surface area contributed by atoms with Crippen LogP contribution in [0, 0.1) is 0 Å². The van der Waals surface area contributed by atoms with Gasteiger partial charge in [-0.15, -0.1) is 0 Å². The molecule has 1 aliphatic carbocycles. The van der Waals surface area contributed by atoms with Gasteiger partial charge in [-0.1, -0.05) is 176 Å². The van der Waals surface area contributed by atoms with Crippen LogP contribution >= 0.6 is 0 Å². The number of hydrogen-bond donors (Lipinski definition) is 0. The van der Waals surface area contributed by atoms with E-state index in [-0.39, 0.29) is 0 Å². The van der Waals surface area contributed by atoms with Crippen molar-refractivity contribution in [3.8, 4) is 55.6 Å². The zero-order valence-corrected chi connectivity index (χ0v) is 32.0. The topological polar surface area (TPSA) is 3.24 Å². The molecule has 0 spiro atoms. The van der Waals surface area contributed by atoms with Crippen LogP contribution in [-0.4, -0.2) is 0 Å². The van der Waals surface area contributed by atoms with Crippen molar-refractivity contribution < 1.29 is 0 Å². The summed E-state index contributed by atoms with van der Waals surface area (Å²) in [5.74, 6) is 0. The van der Waals surface area contributed by atoms with Crippen molar-refractivity contribution in [2.75, 3.05) is 4.90 Å². The number of fused-ring (bicyclic) bond motifs is 5. The van der Waals surface area contributed by atoms with Crippen LogP contribution < -0.4 is 4.90 Å². The van der Waals surface area contributed by atoms with Crippen molar-refractivity contribution >= 4 is 38.6 Å². The Bertz CT molecular complexity index is 3130. The molecule has 0 aliphatic heterocycles. The zero-order valence-electron chi connectivity index (χ0n) is 32.0. The second-order valence-corrected chi connectivity index (χ2v) is 15.3. The molecule has 0 aromatic heterocycles. The van der Waals surface area contributed by atoms with Gasteiger partial charge in [-0.05, 0) is 143 Å². The summed E-state index contributed by atoms with van der Waals surface area (Å²) < 4.78 is 0. The van der Waals surface area contributed by atoms with Crippen LogP contribution in [0.4, 0.5) is 17.1 Å². The molecule has 0 saturated heterocycles. The highest BCUT2D eigenvalue weighted by Crippen LogP contribution is 2.43. The van der Waals surface area contributed by atoms with Gasteiger partial charge in [-0.3, -0.25) is 0 Å². The number of nitrogens with zero attached hydrogens (tertiary/aromatic N) is 1. The van der Waals surface area contributed by atoms with Crippen LogP contribution in [0.2, 0.25) is 0 Å². The third-order valence-corrected chi connectivity index (χ3v) is 11.9. The first-order valence-corrected chi connectivity index (χ1v) is 20.1. The second kappa shape index (κ2) is 14.2. The Kier molecular flexibility index (Phi) is 8.30. The fourth-order valence-electron chi connectivity index (χ4n) is 9.01. The van der Waals surface area contributed by atoms with Crippen molar-refractivity contribution in [1.29, 1.82) is 0 Å². The van der Waals surface area contributed by atoms with E-state index in [9.17, 15) is 0 Å². The molecule has 0 unspecified atom stereocenters. The minimum atomic E-state index is 0.945. The summed E-state index contributed by atoms with van der Waals surface area (Å²) in [5, 5.41) is 5.02. The van der Waals surface area contributed by atoms with Gasteiger partial charge in [0.25, 0.3) is 0 Å². The van der Waals surface area contributed by atoms with Crippen LogP contribution in [0.15, 0.2) is 224 Å². The lowest BCUT2D eigenvalue weighted by atomic mass is 9.93. The molecule has 11 rings (SSSR count). The Labute approximate surface area is 339 Å². The maximum absolute atomic E-state index is 2.42. The Morgan fingerprint density at radius 2 is 0.810 bits per heavy atom. The standard InChI is InChI=1S/C57H39N/c1-2-12-39(13-3-1)45-27-26-41-17-11-25-55(57(41)38-45)47-20-8-18-43(34-47)44-19-9-21-50(36-44)58(51-32-33-56-48(37-51)35-46-15-5-7-23-54(46)56)49-30-28-42(29-31-49)53-24-10-16-40-14-4-6-22-52(40)53/h1-34,36-38H,35H2. The van der Waals surface area contributed by atoms with Gasteiger partial charge in [0.05, 0.1) is 0 Å². The summed E-state index contributed by atoms with van der Waals surface area (Å²) in [6, 6.07) is 82.2. The molecule has 1 heteroatoms. The van der Waals surface area contributed by atoms with Gasteiger partial charge in [0.2, 0.25) is 0 Å². The van der Waals surface area contributed by atoms with Gasteiger partial charge >= 0.3 is 0 Å². The Balaban J connectivity index is 1.00. The number of rotatable bonds is 7. The van der Waals surface area contributed by atoms with Crippen molar-refractivity contribution in [1.82, 2.24) is 0 Å². The van der Waals surface area contributed by atoms with Crippen LogP contribution in [-0.2, 0) is 6.42 Å². The van der Waals surface area contributed by atoms with Crippen LogP contribution in [0.5, 0.6) is 0 Å². The quantitative estimate of drug-likeness (QED) is 0.157. The summed E-state index contributed by atoms with van der Waals surface area (Å²) in [6.45, 7) is 0. The summed E-state index contributed by atoms with van der Waals surface area (Å²) in [7, 11) is 0. The van der Waals surface area contributed by atoms with Crippen molar-refractivity contribution in [3.05, 3.63) is 236 Å². The molecule has 0 N–H and O–H groups in total. The third kappa shape index (κ3) is 6.05. The Hall–Kier alpha value is -7.48. The number of anilines is 3. The predicted octanol–water partition coefficient (Wildman–Crippen LogP) is 15.7. The minimum absolute atomic E-state index is 0.945. The molecule has 0 amide bonds. The molecule has 0 atom stereocenters. The van der Waals surface area contributed by atoms with E-state index >= 15 is 0 Å². The first-order chi connectivity index (χ1) is 28.7. The molecule has 0 fully saturated rings. The van der Waals surface area contributed by atoms with E-state index in [1.54, 1.807) is 0 Å². The summed E-state index contributed by atoms with van der Waals surface area (Å²) in [6.07, 6.45) is 0.945. The molecule has 0 heterocycles. The molecule has 10 aromatic carbocycles. The molecular formula is C57H39N. The average molecular weight is 738 g/mol. The van der Waals surface area contributed by atoms with E-state index in [0.29, 0.717) is 0 Å². The summed E-state index contributed by atoms with van der Waals surface area (Å²) in [4.78, 5) is 2.42. The molecule has 10 aromatic rings. The SMILES string of the molecule is c1ccc(-c2ccc3cccc(-c4cccc(-c5cccc(N(c6ccc(-c7cccc8ccccc78)cc6)c6ccc7c(c6)Cc6ccccc6-7)c5)c4)c3c2)cc1. The average Bonchev–Trinajstić information content (AvgIpc) is 3.67. The maximum atomic E-state index is 2.42. The first kappa shape index (κ1) is 33.8. The van der Waals surface area contributed by atoms with Crippen molar-refractivity contribution in [2.24, 2.45) is 0 Å². The maximum Gasteiger partial charge on any atom is 0.0467 e. The van der Waals surface area contributed by atoms with Crippen LogP contribution in [0.25, 0.3) is 77.2 Å². The molecule has 272 valence electrons. The molecule has 1 nitrogen and oxygen atoms in total. The second-order valence-electron chi connectivity index (χ2n) is 15.3. The van der Waals surface area contributed by atoms with E-state index in [1.807, 2.05) is 0 Å². The monoisotopic (exact) mass is 737 g/mol. The highest BCUT2D eigenvalue weighted by molar-refractivity contribution is 6.00. The molecular weight excluding hydrogens is 699 g/mol. The van der Waals surface area contributed by atoms with Gasteiger partial charge in [0.1, 0.15) is 0 Å². The first-order valence-electron chi connectivity index (χ1n) is 20.1. The van der Waals surface area contributed by atoms with E-state index in [4.69, 9.17) is 0 Å². The van der Waals surface area contributed by atoms with Crippen molar-refractivity contribution in [2.45, 2.75) is 6.42 Å². The van der Waals surface area contributed by atoms with Gasteiger partial charge in [0.15, 0.2) is 0 Å². The molecule has 0 radical (unpaired) electrons. The lowest BCUT2D eigenvalue weighted by molar-refractivity contribution is 1.23. The van der Waals surface area contributed by atoms with Gasteiger partial charge in [-0.25, -0.2) is 0 Å². The number of hydrogen-bond acceptors (Lipinski definition) is 1. The Morgan fingerprint density at radius 3 is 1.67 bits per heavy atom. The molecule has 58 heavy (non-hydrogen) atoms. The molecule has 0 bridgehead atoms. The van der Waals surface area contributed by atoms with Crippen LogP contribution in [0.1, 0.15) is 11.1 Å². The van der Waals surface area contributed by atoms with Crippen LogP contribution in [0.3, 0.4) is 0 Å². The van der Waals surface area contributed by atoms with Gasteiger partial charge in [0, 0.05) is 17.1 Å². The smallest absolute Gasteiger partial charge is 0.0467 e. The molecule has 0 saturated carbocycles. The zero-order chi connectivity index (χ0) is 38.4. The highest BCUT2D eigenvalue weighted by Gasteiger charge is 2.21. The Morgan fingerprint density at radius 1 is 0.259 bits per heavy atom. The number of benzene rings is 10. The van der Waals surface area contributed by atoms with E-state index < -0.39 is 0 Å².